The van der Waals surface area contributed by atoms with Crippen LogP contribution in [0.15, 0.2) is 48.5 Å². The van der Waals surface area contributed by atoms with E-state index in [1.54, 1.807) is 0 Å². The summed E-state index contributed by atoms with van der Waals surface area (Å²) in [5.74, 6) is -0.448. The molecule has 0 aromatic heterocycles. The minimum atomic E-state index is -2.43. The zero-order valence-corrected chi connectivity index (χ0v) is 14.4. The van der Waals surface area contributed by atoms with Crippen LogP contribution in [-0.4, -0.2) is 35.0 Å². The van der Waals surface area contributed by atoms with Crippen LogP contribution in [0, 0.1) is 9.81 Å². The summed E-state index contributed by atoms with van der Waals surface area (Å²) in [6.07, 6.45) is 0. The van der Waals surface area contributed by atoms with Gasteiger partial charge in [0.1, 0.15) is 0 Å². The molecule has 9 heteroatoms. The molecule has 0 fully saturated rings. The molecule has 2 aromatic carbocycles. The van der Waals surface area contributed by atoms with E-state index in [9.17, 15) is 20.0 Å². The number of hydrogen-bond donors (Lipinski definition) is 0. The van der Waals surface area contributed by atoms with E-state index in [1.165, 1.54) is 48.5 Å². The summed E-state index contributed by atoms with van der Waals surface area (Å²) in [6.45, 7) is 0. The molecule has 0 saturated heterocycles. The Morgan fingerprint density at radius 1 is 0.714 bits per heavy atom. The van der Waals surface area contributed by atoms with Crippen molar-refractivity contribution in [1.29, 1.82) is 0 Å². The number of rotatable bonds is 6. The second-order valence-corrected chi connectivity index (χ2v) is 5.84. The Balaban J connectivity index is 1.83. The molecule has 0 amide bonds. The summed E-state index contributed by atoms with van der Waals surface area (Å²) in [6, 6.07) is 10.1. The third kappa shape index (κ3) is 4.37. The molecule has 0 N–H and O–H groups in total. The fraction of sp³-hybridized carbons (Fsp3) is 0. The van der Waals surface area contributed by atoms with Crippen molar-refractivity contribution >= 4 is 36.5 Å². The van der Waals surface area contributed by atoms with E-state index in [4.69, 9.17) is 5.58 Å². The van der Waals surface area contributed by atoms with E-state index < -0.39 is 25.1 Å². The Morgan fingerprint density at radius 2 is 1.05 bits per heavy atom. The Bertz CT molecular complexity index is 586. The van der Waals surface area contributed by atoms with Gasteiger partial charge >= 0.3 is 132 Å². The molecule has 2 aromatic rings. The Hall–Kier alpha value is -2.24. The van der Waals surface area contributed by atoms with Crippen molar-refractivity contribution in [1.82, 2.24) is 0 Å². The molecule has 0 saturated carbocycles. The fourth-order valence-electron chi connectivity index (χ4n) is 1.33. The summed E-state index contributed by atoms with van der Waals surface area (Å²) < 4.78 is 9.66. The van der Waals surface area contributed by atoms with Crippen molar-refractivity contribution in [2.45, 2.75) is 0 Å². The van der Waals surface area contributed by atoms with E-state index in [0.29, 0.717) is 0 Å². The van der Waals surface area contributed by atoms with Gasteiger partial charge in [-0.15, -0.1) is 0 Å². The van der Waals surface area contributed by atoms with E-state index in [0.717, 1.165) is 0 Å². The fourth-order valence-corrected chi connectivity index (χ4v) is 2.80. The van der Waals surface area contributed by atoms with Crippen LogP contribution < -0.4 is 10.2 Å². The van der Waals surface area contributed by atoms with Gasteiger partial charge in [-0.05, 0) is 0 Å². The maximum absolute atomic E-state index is 11.5. The van der Waals surface area contributed by atoms with Crippen molar-refractivity contribution in [3.05, 3.63) is 58.3 Å². The first-order valence-corrected chi connectivity index (χ1v) is 8.81. The summed E-state index contributed by atoms with van der Waals surface area (Å²) in [4.78, 5) is 23.4. The normalized spacial score (nSPS) is 9.90. The first kappa shape index (κ1) is 15.2. The van der Waals surface area contributed by atoms with Gasteiger partial charge in [-0.1, -0.05) is 0 Å². The molecule has 2 rings (SSSR count). The summed E-state index contributed by atoms with van der Waals surface area (Å²) in [5, 5.41) is 21.8. The van der Waals surface area contributed by atoms with Crippen LogP contribution in [0.25, 0.3) is 0 Å². The minimum absolute atomic E-state index is 0.138. The van der Waals surface area contributed by atoms with Crippen molar-refractivity contribution in [2.75, 3.05) is 0 Å². The molecule has 0 bridgehead atoms. The van der Waals surface area contributed by atoms with Gasteiger partial charge in [-0.25, -0.2) is 0 Å². The number of nitrogens with zero attached hydrogens (tertiary/aromatic N) is 2. The van der Waals surface area contributed by atoms with Crippen LogP contribution in [0.2, 0.25) is 0 Å². The third-order valence-corrected chi connectivity index (χ3v) is 4.20. The second kappa shape index (κ2) is 6.97. The molecule has 0 spiro atoms. The van der Waals surface area contributed by atoms with Crippen LogP contribution >= 0.6 is 0 Å². The van der Waals surface area contributed by atoms with Crippen molar-refractivity contribution in [3.8, 4) is 11.5 Å². The monoisotopic (exact) mass is 484 g/mol. The van der Waals surface area contributed by atoms with Crippen LogP contribution in [0.4, 0.5) is 11.4 Å². The van der Waals surface area contributed by atoms with Crippen LogP contribution in [0.1, 0.15) is 0 Å². The average molecular weight is 483 g/mol. The zero-order chi connectivity index (χ0) is 15.2. The molecule has 0 heterocycles. The van der Waals surface area contributed by atoms with Crippen molar-refractivity contribution in [2.24, 2.45) is 0 Å². The predicted octanol–water partition coefficient (Wildman–Crippen LogP) is 0.752. The molecule has 0 unspecified atom stereocenters. The molecule has 0 aliphatic carbocycles. The van der Waals surface area contributed by atoms with Gasteiger partial charge < -0.3 is 0 Å². The van der Waals surface area contributed by atoms with Gasteiger partial charge in [0.15, 0.2) is 0 Å². The standard InChI is InChI=1S/2C6H5NO3.Pb/c2*8-6-3-1-5(2-4-6)7(9)10;/h2*1-4,8H;/q;;+2/p-2. The van der Waals surface area contributed by atoms with Gasteiger partial charge in [0.25, 0.3) is 0 Å². The predicted molar refractivity (Wildman–Crippen MR) is 66.3 cm³/mol. The number of benzene rings is 2. The van der Waals surface area contributed by atoms with Gasteiger partial charge in [-0.2, -0.15) is 0 Å². The quantitative estimate of drug-likeness (QED) is 0.444. The van der Waals surface area contributed by atoms with Gasteiger partial charge in [-0.3, -0.25) is 0 Å². The van der Waals surface area contributed by atoms with Crippen LogP contribution in [0.5, 0.6) is 11.5 Å². The van der Waals surface area contributed by atoms with E-state index in [1.807, 2.05) is 0 Å². The summed E-state index contributed by atoms with van der Waals surface area (Å²) in [7, 11) is 0. The van der Waals surface area contributed by atoms with Gasteiger partial charge in [0.05, 0.1) is 0 Å². The van der Waals surface area contributed by atoms with Crippen molar-refractivity contribution in [3.63, 3.8) is 0 Å². The molecule has 21 heavy (non-hydrogen) atoms. The first-order valence-electron chi connectivity index (χ1n) is 5.64. The van der Waals surface area contributed by atoms with Crippen molar-refractivity contribution < 1.29 is 25.6 Å². The number of hydrogen-bond acceptors (Lipinski definition) is 6. The summed E-state index contributed by atoms with van der Waals surface area (Å²) in [5.41, 5.74) is 0.276. The molecule has 0 aliphatic heterocycles. The van der Waals surface area contributed by atoms with Gasteiger partial charge in [0, 0.05) is 0 Å². The Labute approximate surface area is 132 Å². The molecule has 8 nitrogen and oxygen atoms in total. The molecular weight excluding hydrogens is 475 g/mol. The van der Waals surface area contributed by atoms with E-state index >= 15 is 0 Å². The Morgan fingerprint density at radius 3 is 1.38 bits per heavy atom. The third-order valence-electron chi connectivity index (χ3n) is 2.34. The van der Waals surface area contributed by atoms with E-state index in [2.05, 4.69) is 0 Å². The molecule has 106 valence electrons. The topological polar surface area (TPSA) is 105 Å². The second-order valence-electron chi connectivity index (χ2n) is 3.77. The van der Waals surface area contributed by atoms with Crippen LogP contribution in [-0.2, 0) is 5.58 Å². The van der Waals surface area contributed by atoms with Crippen LogP contribution in [0.3, 0.4) is 0 Å². The maximum atomic E-state index is 11.5. The van der Waals surface area contributed by atoms with Gasteiger partial charge in [0.2, 0.25) is 0 Å². The Kier molecular flexibility index (Phi) is 5.03. The molecule has 2 radical (unpaired) electrons. The first-order chi connectivity index (χ1) is 10.1. The average Bonchev–Trinajstić information content (AvgIpc) is 2.48. The molecular formula is C12H8N2O6Pb. The van der Waals surface area contributed by atoms with E-state index in [-0.39, 0.29) is 32.7 Å². The molecule has 0 aliphatic rings. The summed E-state index contributed by atoms with van der Waals surface area (Å²) >= 11 is -2.43. The SMILES string of the molecule is O=[N+]([O][Pb][O][N+](=O)c1ccc([O-])cc1)c1ccc([O-])cc1. The zero-order valence-electron chi connectivity index (χ0n) is 10.5. The molecule has 0 atom stereocenters.